The number of halogens is 4. The molecule has 2 heterocycles. The third-order valence-corrected chi connectivity index (χ3v) is 6.05. The van der Waals surface area contributed by atoms with Crippen LogP contribution in [0.5, 0.6) is 0 Å². The Balaban J connectivity index is 1.80. The number of aryl methyl sites for hydroxylation is 2. The first-order valence-electron chi connectivity index (χ1n) is 9.06. The van der Waals surface area contributed by atoms with Crippen molar-refractivity contribution in [2.45, 2.75) is 25.6 Å². The van der Waals surface area contributed by atoms with Crippen LogP contribution >= 0.6 is 22.9 Å². The van der Waals surface area contributed by atoms with E-state index in [2.05, 4.69) is 10.4 Å². The molecule has 0 aliphatic heterocycles. The summed E-state index contributed by atoms with van der Waals surface area (Å²) in [4.78, 5) is 13.1. The van der Waals surface area contributed by atoms with E-state index in [0.29, 0.717) is 14.8 Å². The molecule has 3 aromatic rings. The number of amides is 1. The summed E-state index contributed by atoms with van der Waals surface area (Å²) in [6, 6.07) is 6.27. The van der Waals surface area contributed by atoms with Crippen molar-refractivity contribution >= 4 is 28.8 Å². The number of benzene rings is 1. The summed E-state index contributed by atoms with van der Waals surface area (Å²) < 4.78 is 41.8. The van der Waals surface area contributed by atoms with Gasteiger partial charge in [0.2, 0.25) is 0 Å². The fraction of sp³-hybridized carbons (Fsp3) is 0.300. The standard InChI is InChI=1S/C20H20ClF3N4OS/c1-11-10-26-28(2)17(11)14-8-16(30-18(14)21)19(29)27-13(9-25)7-12-5-3-4-6-15(12)20(22,23)24/h3-6,8,10,13H,7,9,25H2,1-2H3,(H,27,29). The lowest BCUT2D eigenvalue weighted by molar-refractivity contribution is -0.138. The second-order valence-corrected chi connectivity index (χ2v) is 8.52. The molecule has 0 spiro atoms. The minimum absolute atomic E-state index is 0.00919. The van der Waals surface area contributed by atoms with E-state index in [0.717, 1.165) is 28.7 Å². The van der Waals surface area contributed by atoms with E-state index in [1.807, 2.05) is 6.92 Å². The van der Waals surface area contributed by atoms with Gasteiger partial charge in [-0.2, -0.15) is 18.3 Å². The fourth-order valence-corrected chi connectivity index (χ4v) is 4.45. The summed E-state index contributed by atoms with van der Waals surface area (Å²) in [5, 5.41) is 6.90. The Morgan fingerprint density at radius 3 is 2.67 bits per heavy atom. The molecule has 10 heteroatoms. The minimum Gasteiger partial charge on any atom is -0.347 e. The highest BCUT2D eigenvalue weighted by atomic mass is 35.5. The van der Waals surface area contributed by atoms with E-state index >= 15 is 0 Å². The smallest absolute Gasteiger partial charge is 0.347 e. The van der Waals surface area contributed by atoms with Crippen LogP contribution in [0.3, 0.4) is 0 Å². The largest absolute Gasteiger partial charge is 0.416 e. The van der Waals surface area contributed by atoms with Gasteiger partial charge < -0.3 is 11.1 Å². The molecular weight excluding hydrogens is 437 g/mol. The average molecular weight is 457 g/mol. The summed E-state index contributed by atoms with van der Waals surface area (Å²) >= 11 is 7.44. The van der Waals surface area contributed by atoms with E-state index in [9.17, 15) is 18.0 Å². The third-order valence-electron chi connectivity index (χ3n) is 4.70. The Morgan fingerprint density at radius 1 is 1.37 bits per heavy atom. The Morgan fingerprint density at radius 2 is 2.07 bits per heavy atom. The highest BCUT2D eigenvalue weighted by Gasteiger charge is 2.33. The summed E-state index contributed by atoms with van der Waals surface area (Å²) in [6.07, 6.45) is -2.81. The molecule has 0 saturated heterocycles. The Hall–Kier alpha value is -2.36. The van der Waals surface area contributed by atoms with Gasteiger partial charge in [0, 0.05) is 25.2 Å². The molecule has 1 aromatic carbocycles. The van der Waals surface area contributed by atoms with Gasteiger partial charge in [-0.25, -0.2) is 0 Å². The molecule has 0 aliphatic carbocycles. The summed E-state index contributed by atoms with van der Waals surface area (Å²) in [6.45, 7) is 1.88. The molecule has 30 heavy (non-hydrogen) atoms. The van der Waals surface area contributed by atoms with Crippen LogP contribution in [0.25, 0.3) is 11.3 Å². The monoisotopic (exact) mass is 456 g/mol. The second-order valence-electron chi connectivity index (χ2n) is 6.86. The predicted molar refractivity (Wildman–Crippen MR) is 112 cm³/mol. The maximum absolute atomic E-state index is 13.2. The molecule has 1 atom stereocenters. The maximum Gasteiger partial charge on any atom is 0.416 e. The van der Waals surface area contributed by atoms with Gasteiger partial charge in [0.25, 0.3) is 5.91 Å². The van der Waals surface area contributed by atoms with Crippen molar-refractivity contribution in [3.05, 3.63) is 62.4 Å². The first-order valence-corrected chi connectivity index (χ1v) is 10.3. The Labute approximate surface area is 180 Å². The summed E-state index contributed by atoms with van der Waals surface area (Å²) in [5.41, 5.74) is 7.46. The molecule has 0 saturated carbocycles. The number of nitrogens with zero attached hydrogens (tertiary/aromatic N) is 2. The molecule has 0 fully saturated rings. The highest BCUT2D eigenvalue weighted by Crippen LogP contribution is 2.37. The molecule has 1 unspecified atom stereocenters. The second kappa shape index (κ2) is 8.79. The lowest BCUT2D eigenvalue weighted by Crippen LogP contribution is -2.41. The van der Waals surface area contributed by atoms with Crippen LogP contribution in [-0.2, 0) is 19.6 Å². The number of nitrogens with one attached hydrogen (secondary N) is 1. The fourth-order valence-electron chi connectivity index (χ4n) is 3.27. The summed E-state index contributed by atoms with van der Waals surface area (Å²) in [7, 11) is 1.78. The van der Waals surface area contributed by atoms with Crippen LogP contribution in [0.2, 0.25) is 4.34 Å². The topological polar surface area (TPSA) is 72.9 Å². The van der Waals surface area contributed by atoms with Crippen LogP contribution < -0.4 is 11.1 Å². The molecule has 160 valence electrons. The van der Waals surface area contributed by atoms with Gasteiger partial charge in [-0.3, -0.25) is 9.48 Å². The van der Waals surface area contributed by atoms with Crippen molar-refractivity contribution < 1.29 is 18.0 Å². The van der Waals surface area contributed by atoms with Gasteiger partial charge in [-0.15, -0.1) is 11.3 Å². The minimum atomic E-state index is -4.48. The number of nitrogens with two attached hydrogens (primary N) is 1. The molecule has 3 rings (SSSR count). The molecule has 1 amide bonds. The van der Waals surface area contributed by atoms with Gasteiger partial charge in [0.05, 0.1) is 22.3 Å². The number of rotatable bonds is 6. The van der Waals surface area contributed by atoms with Gasteiger partial charge in [0.1, 0.15) is 4.34 Å². The van der Waals surface area contributed by atoms with Crippen molar-refractivity contribution in [3.63, 3.8) is 0 Å². The van der Waals surface area contributed by atoms with E-state index < -0.39 is 23.7 Å². The molecule has 0 radical (unpaired) electrons. The zero-order valence-electron chi connectivity index (χ0n) is 16.3. The van der Waals surface area contributed by atoms with Crippen LogP contribution in [0.4, 0.5) is 13.2 Å². The van der Waals surface area contributed by atoms with Crippen LogP contribution in [0.1, 0.15) is 26.4 Å². The third kappa shape index (κ3) is 4.69. The Kier molecular flexibility index (Phi) is 6.54. The number of hydrogen-bond donors (Lipinski definition) is 2. The van der Waals surface area contributed by atoms with Crippen molar-refractivity contribution in [3.8, 4) is 11.3 Å². The normalized spacial score (nSPS) is 12.8. The average Bonchev–Trinajstić information content (AvgIpc) is 3.22. The van der Waals surface area contributed by atoms with Crippen molar-refractivity contribution in [2.75, 3.05) is 6.54 Å². The maximum atomic E-state index is 13.2. The number of carbonyl (C=O) groups excluding carboxylic acids is 1. The van der Waals surface area contributed by atoms with Crippen molar-refractivity contribution in [2.24, 2.45) is 12.8 Å². The number of aromatic nitrogens is 2. The quantitative estimate of drug-likeness (QED) is 0.576. The lowest BCUT2D eigenvalue weighted by Gasteiger charge is -2.19. The van der Waals surface area contributed by atoms with Gasteiger partial charge >= 0.3 is 6.18 Å². The number of carbonyl (C=O) groups is 1. The number of thiophene rings is 1. The first-order chi connectivity index (χ1) is 14.1. The Bertz CT molecular complexity index is 1040. The lowest BCUT2D eigenvalue weighted by atomic mass is 9.99. The highest BCUT2D eigenvalue weighted by molar-refractivity contribution is 7.18. The molecule has 5 nitrogen and oxygen atoms in total. The van der Waals surface area contributed by atoms with Crippen molar-refractivity contribution in [1.29, 1.82) is 0 Å². The van der Waals surface area contributed by atoms with Gasteiger partial charge in [-0.05, 0) is 36.6 Å². The number of hydrogen-bond acceptors (Lipinski definition) is 4. The molecule has 3 N–H and O–H groups in total. The zero-order chi connectivity index (χ0) is 22.1. The van der Waals surface area contributed by atoms with E-state index in [4.69, 9.17) is 17.3 Å². The molecule has 0 aliphatic rings. The van der Waals surface area contributed by atoms with E-state index in [-0.39, 0.29) is 18.5 Å². The SMILES string of the molecule is Cc1cnn(C)c1-c1cc(C(=O)NC(CN)Cc2ccccc2C(F)(F)F)sc1Cl. The van der Waals surface area contributed by atoms with E-state index in [1.165, 1.54) is 18.2 Å². The van der Waals surface area contributed by atoms with Crippen LogP contribution in [-0.4, -0.2) is 28.3 Å². The van der Waals surface area contributed by atoms with E-state index in [1.54, 1.807) is 24.0 Å². The molecule has 2 aromatic heterocycles. The zero-order valence-corrected chi connectivity index (χ0v) is 17.8. The van der Waals surface area contributed by atoms with Crippen LogP contribution in [0, 0.1) is 6.92 Å². The first kappa shape index (κ1) is 22.3. The van der Waals surface area contributed by atoms with Crippen molar-refractivity contribution in [1.82, 2.24) is 15.1 Å². The van der Waals surface area contributed by atoms with Gasteiger partial charge in [-0.1, -0.05) is 29.8 Å². The van der Waals surface area contributed by atoms with Crippen LogP contribution in [0.15, 0.2) is 36.5 Å². The molecule has 0 bridgehead atoms. The predicted octanol–water partition coefficient (Wildman–Crippen LogP) is 4.43. The molecular formula is C20H20ClF3N4OS. The van der Waals surface area contributed by atoms with Gasteiger partial charge in [0.15, 0.2) is 0 Å². The summed E-state index contributed by atoms with van der Waals surface area (Å²) in [5.74, 6) is -0.437. The number of alkyl halides is 3.